The third kappa shape index (κ3) is 2.52. The summed E-state index contributed by atoms with van der Waals surface area (Å²) in [6.45, 7) is 0. The number of aromatic nitrogens is 2. The van der Waals surface area contributed by atoms with Crippen molar-refractivity contribution in [2.45, 2.75) is 44.4 Å². The number of pyridine rings is 1. The maximum absolute atomic E-state index is 9.35. The zero-order valence-electron chi connectivity index (χ0n) is 11.7. The molecular formula is C16H16N4S. The Balaban J connectivity index is 1.64. The second-order valence-corrected chi connectivity index (χ2v) is 6.64. The van der Waals surface area contributed by atoms with Crippen molar-refractivity contribution < 1.29 is 0 Å². The minimum absolute atomic E-state index is 0.624. The number of nitriles is 1. The van der Waals surface area contributed by atoms with E-state index in [9.17, 15) is 5.26 Å². The first kappa shape index (κ1) is 12.8. The van der Waals surface area contributed by atoms with Crippen LogP contribution in [-0.2, 0) is 12.8 Å². The Hall–Kier alpha value is -1.93. The van der Waals surface area contributed by atoms with E-state index < -0.39 is 0 Å². The fourth-order valence-electron chi connectivity index (χ4n) is 2.83. The lowest BCUT2D eigenvalue weighted by atomic mass is 9.95. The van der Waals surface area contributed by atoms with E-state index in [1.165, 1.54) is 36.9 Å². The Bertz CT molecular complexity index is 724. The fraction of sp³-hybridized carbons (Fsp3) is 0.438. The molecule has 0 amide bonds. The largest absolute Gasteiger partial charge is 0.315 e. The van der Waals surface area contributed by atoms with Gasteiger partial charge in [0.25, 0.3) is 0 Å². The molecule has 4 nitrogen and oxygen atoms in total. The topological polar surface area (TPSA) is 61.6 Å². The second-order valence-electron chi connectivity index (χ2n) is 5.79. The predicted molar refractivity (Wildman–Crippen MR) is 83.0 cm³/mol. The van der Waals surface area contributed by atoms with Crippen LogP contribution in [0.15, 0.2) is 11.4 Å². The molecule has 2 aliphatic carbocycles. The highest BCUT2D eigenvalue weighted by atomic mass is 32.1. The van der Waals surface area contributed by atoms with Crippen LogP contribution in [0.1, 0.15) is 54.1 Å². The van der Waals surface area contributed by atoms with Crippen LogP contribution in [0.25, 0.3) is 0 Å². The van der Waals surface area contributed by atoms with Gasteiger partial charge < -0.3 is 5.32 Å². The Morgan fingerprint density at radius 1 is 1.24 bits per heavy atom. The number of thiazole rings is 1. The number of rotatable bonds is 3. The van der Waals surface area contributed by atoms with Crippen LogP contribution < -0.4 is 5.32 Å². The van der Waals surface area contributed by atoms with E-state index in [0.29, 0.717) is 17.3 Å². The molecule has 0 saturated heterocycles. The fourth-order valence-corrected chi connectivity index (χ4v) is 3.62. The van der Waals surface area contributed by atoms with Gasteiger partial charge >= 0.3 is 0 Å². The van der Waals surface area contributed by atoms with Gasteiger partial charge in [-0.3, -0.25) is 0 Å². The summed E-state index contributed by atoms with van der Waals surface area (Å²) in [6, 6.07) is 4.26. The number of fused-ring (bicyclic) bond motifs is 1. The Morgan fingerprint density at radius 2 is 2.10 bits per heavy atom. The monoisotopic (exact) mass is 296 g/mol. The van der Waals surface area contributed by atoms with Crippen molar-refractivity contribution in [1.82, 2.24) is 9.97 Å². The summed E-state index contributed by atoms with van der Waals surface area (Å²) < 4.78 is 0. The molecule has 2 aromatic heterocycles. The van der Waals surface area contributed by atoms with E-state index >= 15 is 0 Å². The molecule has 0 unspecified atom stereocenters. The molecule has 5 heteroatoms. The standard InChI is InChI=1S/C16H16N4S/c17-8-12-7-11-3-1-2-4-13(11)18-15(12)20-16-19-14(9-21-16)10-5-6-10/h7,9-10H,1-6H2,(H,18,19,20). The van der Waals surface area contributed by atoms with Crippen molar-refractivity contribution in [3.8, 4) is 6.07 Å². The lowest BCUT2D eigenvalue weighted by Gasteiger charge is -2.16. The highest BCUT2D eigenvalue weighted by Gasteiger charge is 2.26. The molecular weight excluding hydrogens is 280 g/mol. The number of nitrogens with zero attached hydrogens (tertiary/aromatic N) is 3. The van der Waals surface area contributed by atoms with Crippen LogP contribution in [0.3, 0.4) is 0 Å². The first-order valence-electron chi connectivity index (χ1n) is 7.49. The highest BCUT2D eigenvalue weighted by molar-refractivity contribution is 7.13. The molecule has 0 aliphatic heterocycles. The zero-order chi connectivity index (χ0) is 14.2. The summed E-state index contributed by atoms with van der Waals surface area (Å²) in [6.07, 6.45) is 6.95. The van der Waals surface area contributed by atoms with Gasteiger partial charge in [-0.1, -0.05) is 0 Å². The van der Waals surface area contributed by atoms with Crippen LogP contribution in [0.5, 0.6) is 0 Å². The quantitative estimate of drug-likeness (QED) is 0.932. The van der Waals surface area contributed by atoms with Gasteiger partial charge in [0.1, 0.15) is 11.9 Å². The van der Waals surface area contributed by atoms with Gasteiger partial charge in [0.15, 0.2) is 5.13 Å². The molecule has 106 valence electrons. The van der Waals surface area contributed by atoms with E-state index in [0.717, 1.165) is 23.7 Å². The maximum atomic E-state index is 9.35. The molecule has 2 heterocycles. The molecule has 1 N–H and O–H groups in total. The van der Waals surface area contributed by atoms with Gasteiger partial charge in [-0.05, 0) is 50.2 Å². The van der Waals surface area contributed by atoms with Crippen molar-refractivity contribution in [2.75, 3.05) is 5.32 Å². The molecule has 2 aromatic rings. The summed E-state index contributed by atoms with van der Waals surface area (Å²) >= 11 is 1.60. The lowest BCUT2D eigenvalue weighted by Crippen LogP contribution is -2.08. The molecule has 1 fully saturated rings. The highest BCUT2D eigenvalue weighted by Crippen LogP contribution is 2.41. The number of nitrogens with one attached hydrogen (secondary N) is 1. The van der Waals surface area contributed by atoms with E-state index in [2.05, 4.69) is 26.7 Å². The first-order chi connectivity index (χ1) is 10.3. The van der Waals surface area contributed by atoms with Gasteiger partial charge in [0.05, 0.1) is 11.3 Å². The lowest BCUT2D eigenvalue weighted by molar-refractivity contribution is 0.668. The van der Waals surface area contributed by atoms with Gasteiger partial charge in [0.2, 0.25) is 0 Å². The van der Waals surface area contributed by atoms with Crippen LogP contribution in [0.2, 0.25) is 0 Å². The molecule has 0 radical (unpaired) electrons. The van der Waals surface area contributed by atoms with E-state index in [-0.39, 0.29) is 0 Å². The normalized spacial score (nSPS) is 17.1. The number of anilines is 2. The van der Waals surface area contributed by atoms with Crippen LogP contribution in [-0.4, -0.2) is 9.97 Å². The third-order valence-corrected chi connectivity index (χ3v) is 4.94. The van der Waals surface area contributed by atoms with E-state index in [1.807, 2.05) is 6.07 Å². The molecule has 0 bridgehead atoms. The average molecular weight is 296 g/mol. The summed E-state index contributed by atoms with van der Waals surface area (Å²) in [5.74, 6) is 1.32. The van der Waals surface area contributed by atoms with Crippen LogP contribution in [0.4, 0.5) is 10.9 Å². The smallest absolute Gasteiger partial charge is 0.188 e. The van der Waals surface area contributed by atoms with Gasteiger partial charge in [-0.25, -0.2) is 9.97 Å². The molecule has 1 saturated carbocycles. The minimum Gasteiger partial charge on any atom is -0.315 e. The number of hydrogen-bond donors (Lipinski definition) is 1. The van der Waals surface area contributed by atoms with E-state index in [4.69, 9.17) is 0 Å². The SMILES string of the molecule is N#Cc1cc2c(nc1Nc1nc(C3CC3)cs1)CCCC2. The predicted octanol–water partition coefficient (Wildman–Crippen LogP) is 3.91. The van der Waals surface area contributed by atoms with Crippen molar-refractivity contribution in [2.24, 2.45) is 0 Å². The van der Waals surface area contributed by atoms with Gasteiger partial charge in [-0.2, -0.15) is 5.26 Å². The molecule has 4 rings (SSSR count). The minimum atomic E-state index is 0.624. The zero-order valence-corrected chi connectivity index (χ0v) is 12.5. The van der Waals surface area contributed by atoms with Crippen LogP contribution >= 0.6 is 11.3 Å². The maximum Gasteiger partial charge on any atom is 0.188 e. The average Bonchev–Trinajstić information content (AvgIpc) is 3.27. The van der Waals surface area contributed by atoms with Crippen molar-refractivity contribution >= 4 is 22.3 Å². The molecule has 0 spiro atoms. The second kappa shape index (κ2) is 5.12. The van der Waals surface area contributed by atoms with Crippen LogP contribution in [0, 0.1) is 11.3 Å². The molecule has 2 aliphatic rings. The molecule has 0 atom stereocenters. The van der Waals surface area contributed by atoms with Crippen molar-refractivity contribution in [3.05, 3.63) is 34.0 Å². The van der Waals surface area contributed by atoms with Gasteiger partial charge in [0, 0.05) is 17.0 Å². The van der Waals surface area contributed by atoms with Crippen molar-refractivity contribution in [3.63, 3.8) is 0 Å². The van der Waals surface area contributed by atoms with Gasteiger partial charge in [-0.15, -0.1) is 11.3 Å². The van der Waals surface area contributed by atoms with Crippen molar-refractivity contribution in [1.29, 1.82) is 5.26 Å². The number of aryl methyl sites for hydroxylation is 2. The summed E-state index contributed by atoms with van der Waals surface area (Å²) in [5, 5.41) is 15.6. The Labute approximate surface area is 127 Å². The molecule has 21 heavy (non-hydrogen) atoms. The Kier molecular flexibility index (Phi) is 3.12. The molecule has 0 aromatic carbocycles. The summed E-state index contributed by atoms with van der Waals surface area (Å²) in [5.41, 5.74) is 4.18. The first-order valence-corrected chi connectivity index (χ1v) is 8.37. The third-order valence-electron chi connectivity index (χ3n) is 4.16. The Morgan fingerprint density at radius 3 is 2.90 bits per heavy atom. The number of hydrogen-bond acceptors (Lipinski definition) is 5. The van der Waals surface area contributed by atoms with E-state index in [1.54, 1.807) is 11.3 Å². The summed E-state index contributed by atoms with van der Waals surface area (Å²) in [7, 11) is 0. The summed E-state index contributed by atoms with van der Waals surface area (Å²) in [4.78, 5) is 9.30.